The molecular formula is C22H31N3O4S. The van der Waals surface area contributed by atoms with Gasteiger partial charge in [-0.15, -0.1) is 0 Å². The molecule has 1 aromatic heterocycles. The molecule has 1 fully saturated rings. The van der Waals surface area contributed by atoms with Crippen molar-refractivity contribution in [2.45, 2.75) is 57.0 Å². The molecule has 1 aromatic carbocycles. The molecule has 0 saturated carbocycles. The van der Waals surface area contributed by atoms with Gasteiger partial charge in [-0.05, 0) is 62.6 Å². The van der Waals surface area contributed by atoms with E-state index in [1.165, 1.54) is 31.2 Å². The normalized spacial score (nSPS) is 15.9. The molecule has 0 radical (unpaired) electrons. The molecule has 0 spiro atoms. The largest absolute Gasteiger partial charge is 0.468 e. The third-order valence-corrected chi connectivity index (χ3v) is 6.93. The Kier molecular flexibility index (Phi) is 7.69. The molecule has 2 aromatic rings. The number of piperidine rings is 1. The quantitative estimate of drug-likeness (QED) is 0.634. The molecule has 3 rings (SSSR count). The summed E-state index contributed by atoms with van der Waals surface area (Å²) < 4.78 is 32.9. The SMILES string of the molecule is CCCCN1CCC(NC(=O)c2cc(S(=O)(=O)NCc3ccco3)ccc2C)CC1. The zero-order chi connectivity index (χ0) is 21.6. The second-order valence-electron chi connectivity index (χ2n) is 7.82. The smallest absolute Gasteiger partial charge is 0.251 e. The maximum atomic E-state index is 12.9. The number of nitrogens with zero attached hydrogens (tertiary/aromatic N) is 1. The van der Waals surface area contributed by atoms with Crippen molar-refractivity contribution in [1.29, 1.82) is 0 Å². The van der Waals surface area contributed by atoms with Gasteiger partial charge in [0.25, 0.3) is 5.91 Å². The number of nitrogens with one attached hydrogen (secondary N) is 2. The van der Waals surface area contributed by atoms with Gasteiger partial charge in [0, 0.05) is 24.7 Å². The minimum Gasteiger partial charge on any atom is -0.468 e. The predicted octanol–water partition coefficient (Wildman–Crippen LogP) is 3.06. The Hall–Kier alpha value is -2.16. The maximum absolute atomic E-state index is 12.9. The Morgan fingerprint density at radius 3 is 2.67 bits per heavy atom. The van der Waals surface area contributed by atoms with Gasteiger partial charge in [0.15, 0.2) is 0 Å². The first-order valence-corrected chi connectivity index (χ1v) is 12.0. The van der Waals surface area contributed by atoms with E-state index in [4.69, 9.17) is 4.42 Å². The van der Waals surface area contributed by atoms with Crippen molar-refractivity contribution in [1.82, 2.24) is 14.9 Å². The number of benzene rings is 1. The standard InChI is InChI=1S/C22H31N3O4S/c1-3-4-11-25-12-9-18(10-13-25)24-22(26)21-15-20(8-7-17(21)2)30(27,28)23-16-19-6-5-14-29-19/h5-8,14-15,18,23H,3-4,9-13,16H2,1-2H3,(H,24,26). The number of amides is 1. The molecule has 1 saturated heterocycles. The van der Waals surface area contributed by atoms with Crippen molar-refractivity contribution in [3.05, 3.63) is 53.5 Å². The Morgan fingerprint density at radius 1 is 1.23 bits per heavy atom. The Morgan fingerprint density at radius 2 is 2.00 bits per heavy atom. The number of hydrogen-bond donors (Lipinski definition) is 2. The van der Waals surface area contributed by atoms with E-state index in [2.05, 4.69) is 21.9 Å². The molecule has 1 aliphatic heterocycles. The molecule has 2 N–H and O–H groups in total. The summed E-state index contributed by atoms with van der Waals surface area (Å²) in [7, 11) is -3.76. The second kappa shape index (κ2) is 10.2. The van der Waals surface area contributed by atoms with Crippen molar-refractivity contribution in [3.8, 4) is 0 Å². The minimum absolute atomic E-state index is 0.0569. The molecular weight excluding hydrogens is 402 g/mol. The number of furan rings is 1. The number of carbonyl (C=O) groups excluding carboxylic acids is 1. The molecule has 164 valence electrons. The van der Waals surface area contributed by atoms with Gasteiger partial charge >= 0.3 is 0 Å². The van der Waals surface area contributed by atoms with Crippen LogP contribution in [0, 0.1) is 6.92 Å². The van der Waals surface area contributed by atoms with E-state index in [1.807, 2.05) is 6.92 Å². The molecule has 0 unspecified atom stereocenters. The molecule has 2 heterocycles. The van der Waals surface area contributed by atoms with Crippen molar-refractivity contribution in [2.75, 3.05) is 19.6 Å². The molecule has 1 amide bonds. The van der Waals surface area contributed by atoms with Gasteiger partial charge in [-0.2, -0.15) is 0 Å². The lowest BCUT2D eigenvalue weighted by Gasteiger charge is -2.32. The summed E-state index contributed by atoms with van der Waals surface area (Å²) in [6.45, 7) is 7.14. The van der Waals surface area contributed by atoms with Gasteiger partial charge < -0.3 is 14.6 Å². The number of hydrogen-bond acceptors (Lipinski definition) is 5. The van der Waals surface area contributed by atoms with Crippen LogP contribution in [0.15, 0.2) is 45.9 Å². The average molecular weight is 434 g/mol. The van der Waals surface area contributed by atoms with Crippen LogP contribution in [0.1, 0.15) is 54.3 Å². The summed E-state index contributed by atoms with van der Waals surface area (Å²) in [5.74, 6) is 0.302. The van der Waals surface area contributed by atoms with E-state index in [0.717, 1.165) is 38.0 Å². The number of likely N-dealkylation sites (tertiary alicyclic amines) is 1. The molecule has 30 heavy (non-hydrogen) atoms. The molecule has 0 aliphatic carbocycles. The lowest BCUT2D eigenvalue weighted by molar-refractivity contribution is 0.0910. The van der Waals surface area contributed by atoms with Crippen LogP contribution in [0.4, 0.5) is 0 Å². The highest BCUT2D eigenvalue weighted by atomic mass is 32.2. The molecule has 1 aliphatic rings. The first-order valence-electron chi connectivity index (χ1n) is 10.5. The first kappa shape index (κ1) is 22.5. The Labute approximate surface area is 178 Å². The molecule has 0 atom stereocenters. The lowest BCUT2D eigenvalue weighted by atomic mass is 10.0. The molecule has 0 bridgehead atoms. The number of sulfonamides is 1. The fourth-order valence-corrected chi connectivity index (χ4v) is 4.64. The van der Waals surface area contributed by atoms with Gasteiger partial charge in [0.05, 0.1) is 17.7 Å². The summed E-state index contributed by atoms with van der Waals surface area (Å²) in [6.07, 6.45) is 5.71. The van der Waals surface area contributed by atoms with Crippen molar-refractivity contribution in [3.63, 3.8) is 0 Å². The van der Waals surface area contributed by atoms with Gasteiger partial charge in [0.1, 0.15) is 5.76 Å². The number of aryl methyl sites for hydroxylation is 1. The maximum Gasteiger partial charge on any atom is 0.251 e. The fraction of sp³-hybridized carbons (Fsp3) is 0.500. The summed E-state index contributed by atoms with van der Waals surface area (Å²) in [6, 6.07) is 8.15. The van der Waals surface area contributed by atoms with Gasteiger partial charge in [-0.25, -0.2) is 13.1 Å². The van der Waals surface area contributed by atoms with E-state index in [9.17, 15) is 13.2 Å². The average Bonchev–Trinajstić information content (AvgIpc) is 3.26. The summed E-state index contributed by atoms with van der Waals surface area (Å²) in [5, 5.41) is 3.09. The van der Waals surface area contributed by atoms with Crippen LogP contribution in [0.5, 0.6) is 0 Å². The second-order valence-corrected chi connectivity index (χ2v) is 9.59. The topological polar surface area (TPSA) is 91.7 Å². The lowest BCUT2D eigenvalue weighted by Crippen LogP contribution is -2.45. The van der Waals surface area contributed by atoms with Crippen molar-refractivity contribution >= 4 is 15.9 Å². The summed E-state index contributed by atoms with van der Waals surface area (Å²) in [4.78, 5) is 15.4. The van der Waals surface area contributed by atoms with E-state index in [-0.39, 0.29) is 23.4 Å². The fourth-order valence-electron chi connectivity index (χ4n) is 3.62. The monoisotopic (exact) mass is 433 g/mol. The molecule has 7 nitrogen and oxygen atoms in total. The highest BCUT2D eigenvalue weighted by Crippen LogP contribution is 2.18. The van der Waals surface area contributed by atoms with E-state index < -0.39 is 10.0 Å². The van der Waals surface area contributed by atoms with E-state index in [0.29, 0.717) is 11.3 Å². The zero-order valence-corrected chi connectivity index (χ0v) is 18.5. The van der Waals surface area contributed by atoms with Gasteiger partial charge in [-0.3, -0.25) is 4.79 Å². The number of carbonyl (C=O) groups is 1. The van der Waals surface area contributed by atoms with Crippen molar-refractivity contribution in [2.24, 2.45) is 0 Å². The molecule has 8 heteroatoms. The van der Waals surface area contributed by atoms with Crippen LogP contribution < -0.4 is 10.0 Å². The Bertz CT molecular complexity index is 933. The number of unbranched alkanes of at least 4 members (excludes halogenated alkanes) is 1. The first-order chi connectivity index (χ1) is 14.4. The van der Waals surface area contributed by atoms with Crippen LogP contribution in [-0.4, -0.2) is 44.9 Å². The minimum atomic E-state index is -3.76. The predicted molar refractivity (Wildman–Crippen MR) is 116 cm³/mol. The summed E-state index contributed by atoms with van der Waals surface area (Å²) in [5.41, 5.74) is 1.14. The third-order valence-electron chi connectivity index (χ3n) is 5.53. The van der Waals surface area contributed by atoms with Gasteiger partial charge in [-0.1, -0.05) is 19.4 Å². The van der Waals surface area contributed by atoms with Crippen LogP contribution in [0.3, 0.4) is 0 Å². The highest BCUT2D eigenvalue weighted by molar-refractivity contribution is 7.89. The summed E-state index contributed by atoms with van der Waals surface area (Å²) >= 11 is 0. The Balaban J connectivity index is 1.62. The van der Waals surface area contributed by atoms with Crippen LogP contribution >= 0.6 is 0 Å². The third kappa shape index (κ3) is 5.93. The van der Waals surface area contributed by atoms with Gasteiger partial charge in [0.2, 0.25) is 10.0 Å². The van der Waals surface area contributed by atoms with Crippen LogP contribution in [0.2, 0.25) is 0 Å². The van der Waals surface area contributed by atoms with E-state index >= 15 is 0 Å². The zero-order valence-electron chi connectivity index (χ0n) is 17.7. The van der Waals surface area contributed by atoms with Crippen LogP contribution in [0.25, 0.3) is 0 Å². The number of rotatable bonds is 9. The van der Waals surface area contributed by atoms with E-state index in [1.54, 1.807) is 18.2 Å². The van der Waals surface area contributed by atoms with Crippen molar-refractivity contribution < 1.29 is 17.6 Å². The van der Waals surface area contributed by atoms with Crippen LogP contribution in [-0.2, 0) is 16.6 Å². The highest BCUT2D eigenvalue weighted by Gasteiger charge is 2.23.